The molecular formula is C89H81F7N22O13. The number of nitrogens with zero attached hydrogens (tertiary/aromatic N) is 12. The molecule has 10 heterocycles. The number of rotatable bonds is 27. The molecule has 11 amide bonds. The minimum atomic E-state index is -4.77. The number of aryl methyl sites for hydroxylation is 2. The number of aromatic nitrogens is 10. The summed E-state index contributed by atoms with van der Waals surface area (Å²) >= 11 is 0. The number of carboxylic acid groups (broad SMARTS) is 1. The number of benzene rings is 6. The van der Waals surface area contributed by atoms with Gasteiger partial charge in [0.1, 0.15) is 34.9 Å². The number of anilines is 6. The Kier molecular flexibility index (Phi) is 28.2. The Bertz CT molecular complexity index is 6450. The number of nitrogens with one attached hydrogen (secondary N) is 9. The van der Waals surface area contributed by atoms with Gasteiger partial charge in [0, 0.05) is 116 Å². The van der Waals surface area contributed by atoms with Crippen molar-refractivity contribution < 1.29 is 94.7 Å². The molecule has 674 valence electrons. The van der Waals surface area contributed by atoms with Crippen LogP contribution < -0.4 is 53.6 Å². The van der Waals surface area contributed by atoms with Crippen LogP contribution in [0.2, 0.25) is 0 Å². The molecule has 0 radical (unpaired) electrons. The summed E-state index contributed by atoms with van der Waals surface area (Å²) in [7, 11) is 1.88. The van der Waals surface area contributed by atoms with Crippen LogP contribution in [0.4, 0.5) is 64.9 Å². The van der Waals surface area contributed by atoms with Crippen LogP contribution in [0.25, 0.3) is 44.1 Å². The number of piperidine rings is 2. The van der Waals surface area contributed by atoms with E-state index in [4.69, 9.17) is 12.2 Å². The van der Waals surface area contributed by atoms with Gasteiger partial charge in [-0.05, 0) is 141 Å². The number of hydrogen-bond acceptors (Lipinski definition) is 25. The molecule has 0 bridgehead atoms. The van der Waals surface area contributed by atoms with Crippen molar-refractivity contribution in [3.8, 4) is 22.3 Å². The van der Waals surface area contributed by atoms with Crippen LogP contribution in [-0.2, 0) is 57.7 Å². The van der Waals surface area contributed by atoms with E-state index in [2.05, 4.69) is 88.4 Å². The van der Waals surface area contributed by atoms with E-state index in [1.807, 2.05) is 6.20 Å². The smallest absolute Gasteiger partial charge is 0.417 e. The Balaban J connectivity index is 0.000000182. The number of nitrogens with two attached hydrogens (primary N) is 1. The van der Waals surface area contributed by atoms with Crippen molar-refractivity contribution in [2.24, 2.45) is 5.73 Å². The van der Waals surface area contributed by atoms with Gasteiger partial charge in [-0.3, -0.25) is 102 Å². The molecule has 2 saturated heterocycles. The van der Waals surface area contributed by atoms with Gasteiger partial charge in [0.25, 0.3) is 41.4 Å². The molecule has 0 saturated carbocycles. The molecule has 2 atom stereocenters. The van der Waals surface area contributed by atoms with E-state index in [0.29, 0.717) is 66.6 Å². The van der Waals surface area contributed by atoms with E-state index in [-0.39, 0.29) is 139 Å². The van der Waals surface area contributed by atoms with Crippen molar-refractivity contribution >= 4 is 127 Å². The molecule has 42 heteroatoms. The number of alkyl halides is 7. The highest BCUT2D eigenvalue weighted by atomic mass is 19.4. The lowest BCUT2D eigenvalue weighted by Gasteiger charge is -2.27. The first kappa shape index (κ1) is 91.1. The van der Waals surface area contributed by atoms with Gasteiger partial charge in [-0.25, -0.2) is 9.78 Å². The number of unbranched alkanes of at least 4 members (excludes halogenated alkanes) is 2. The van der Waals surface area contributed by atoms with E-state index in [0.717, 1.165) is 53.6 Å². The summed E-state index contributed by atoms with van der Waals surface area (Å²) in [6.07, 6.45) is 1.96. The van der Waals surface area contributed by atoms with Gasteiger partial charge in [0.15, 0.2) is 0 Å². The summed E-state index contributed by atoms with van der Waals surface area (Å²) in [6, 6.07) is 34.8. The Labute approximate surface area is 740 Å². The van der Waals surface area contributed by atoms with Crippen LogP contribution in [0.3, 0.4) is 0 Å². The Morgan fingerprint density at radius 2 is 0.939 bits per heavy atom. The molecule has 131 heavy (non-hydrogen) atoms. The molecule has 16 rings (SSSR count). The molecule has 2 unspecified atom stereocenters. The zero-order chi connectivity index (χ0) is 94.2. The summed E-state index contributed by atoms with van der Waals surface area (Å²) in [5.41, 5.74) is 7.86. The highest BCUT2D eigenvalue weighted by Crippen LogP contribution is 2.45. The predicted molar refractivity (Wildman–Crippen MR) is 461 cm³/mol. The number of fused-ring (bicyclic) bond motifs is 4. The number of imide groups is 4. The number of aromatic carboxylic acids is 1. The number of para-hydroxylation sites is 2. The number of carbonyl (C=O) groups excluding carboxylic acids is 11. The molecule has 2 fully saturated rings. The first-order valence-electron chi connectivity index (χ1n) is 41.2. The average Bonchev–Trinajstić information content (AvgIpc) is 1.75. The molecule has 4 aliphatic rings. The maximum Gasteiger partial charge on any atom is 0.417 e. The summed E-state index contributed by atoms with van der Waals surface area (Å²) in [5.74, 6) is -7.30. The first-order valence-corrected chi connectivity index (χ1v) is 40.5. The van der Waals surface area contributed by atoms with Gasteiger partial charge in [-0.2, -0.15) is 26.3 Å². The second-order valence-corrected chi connectivity index (χ2v) is 29.7. The van der Waals surface area contributed by atoms with Crippen molar-refractivity contribution in [2.75, 3.05) is 55.6 Å². The Hall–Kier alpha value is -16.2. The molecule has 0 spiro atoms. The fourth-order valence-corrected chi connectivity index (χ4v) is 14.9. The topological polar surface area (TPSA) is 479 Å². The van der Waals surface area contributed by atoms with E-state index >= 15 is 0 Å². The molecule has 35 nitrogen and oxygen atoms in total. The fraction of sp³-hybridized carbons (Fsp3) is 0.236. The highest BCUT2D eigenvalue weighted by Gasteiger charge is 2.48. The maximum atomic E-state index is 14.5. The highest BCUT2D eigenvalue weighted by molar-refractivity contribution is 6.27. The largest absolute Gasteiger partial charge is 0.477 e. The minimum absolute atomic E-state index is 0.000301. The number of carboxylic acids is 1. The summed E-state index contributed by atoms with van der Waals surface area (Å²) < 4.78 is 104. The lowest BCUT2D eigenvalue weighted by molar-refractivity contribution is -0.137. The second kappa shape index (κ2) is 40.6. The third-order valence-electron chi connectivity index (χ3n) is 21.2. The monoisotopic (exact) mass is 1800 g/mol. The summed E-state index contributed by atoms with van der Waals surface area (Å²) in [4.78, 5) is 168. The normalized spacial score (nSPS) is 14.7. The third kappa shape index (κ3) is 20.9. The lowest BCUT2D eigenvalue weighted by Crippen LogP contribution is -2.54. The average molecular weight is 1800 g/mol. The van der Waals surface area contributed by atoms with Gasteiger partial charge in [0.2, 0.25) is 23.6 Å². The zero-order valence-corrected chi connectivity index (χ0v) is 69.5. The van der Waals surface area contributed by atoms with E-state index in [1.54, 1.807) is 107 Å². The standard InChI is InChI=1S/C44H38F3N11O6.C24H17F3N4O3.C20H23N7O4.CH3F/c1-48-39(60)30-22-52-34-19-31(44(45,46)47)28(18-29(34)38(30)53-25-8-3-2-4-9-25)24-12-13-33(50-20-24)40(61)49-16-5-6-17-57-23-26(55-56-57)21-51-32-11-7-10-27-37(32)43(64)58(42(27)63)35-14-15-36(59)54-41(35)62;1-28-22(32)17-12-30-20-10-18(24(25,26)27)15(13-7-8-19(23(33)34)29-11-13)9-16(20)21(17)31-14-5-3-2-4-6-14;21-8-1-2-9-26-11-12(24-25-26)10-22-14-5-3-4-13-17(14)20(31)27(19(13)30)15-6-7-16(28)23-18(15)29;1-2/h2-4,7-13,18-20,22-23,35,51H,5-6,14-17,21H2,1H3,(H,48,60)(H,49,61)(H,52,53)(H,54,59,62);2-12H,1H3,(H,28,32)(H,30,31)(H,33,34);3-5,11,15,22H,1-2,6-10,21H2,(H,23,28,29);1H3/i;;;1D. The molecule has 12 aromatic rings. The molecular weight excluding hydrogens is 1720 g/mol. The Morgan fingerprint density at radius 3 is 1.33 bits per heavy atom. The lowest BCUT2D eigenvalue weighted by atomic mass is 9.96. The fourth-order valence-electron chi connectivity index (χ4n) is 14.9. The molecule has 4 aliphatic heterocycles. The van der Waals surface area contributed by atoms with Gasteiger partial charge in [-0.15, -0.1) is 10.2 Å². The third-order valence-corrected chi connectivity index (χ3v) is 21.2. The number of pyridine rings is 4. The van der Waals surface area contributed by atoms with Crippen LogP contribution in [0.15, 0.2) is 183 Å². The number of carbonyl (C=O) groups is 12. The van der Waals surface area contributed by atoms with Crippen molar-refractivity contribution in [1.29, 1.82) is 0 Å². The van der Waals surface area contributed by atoms with Gasteiger partial charge in [-0.1, -0.05) is 71.1 Å². The quantitative estimate of drug-likeness (QED) is 0.0129. The van der Waals surface area contributed by atoms with Crippen molar-refractivity contribution in [3.63, 3.8) is 0 Å². The summed E-state index contributed by atoms with van der Waals surface area (Å²) in [6.45, 7) is 2.56. The van der Waals surface area contributed by atoms with Crippen LogP contribution in [0, 0.1) is 0 Å². The zero-order valence-electron chi connectivity index (χ0n) is 70.5. The van der Waals surface area contributed by atoms with E-state index < -0.39 is 114 Å². The SMILES string of the molecule is CNC(=O)c1cnc2cc(C(F)(F)F)c(-c3ccc(C(=O)NCCCCn4cc(CNc5cccc6c5C(=O)N(C5CCC(=O)NC5=O)C6=O)nn4)nc3)cc2c1Nc1ccccc1.CNC(=O)c1cnc2cc(C(F)(F)F)c(-c3ccc(C(=O)O)nc3)cc2c1Nc1ccccc1.NCCCCn1cc(CNc2cccc3c2C(=O)N(C2CCC(=O)NC2=O)C3=O)nn1.[2H]CF. The van der Waals surface area contributed by atoms with Crippen molar-refractivity contribution in [3.05, 3.63) is 250 Å². The minimum Gasteiger partial charge on any atom is -0.477 e. The van der Waals surface area contributed by atoms with Gasteiger partial charge in [0.05, 0.1) is 101 Å². The maximum absolute atomic E-state index is 14.5. The first-order chi connectivity index (χ1) is 63.4. The van der Waals surface area contributed by atoms with Gasteiger partial charge < -0.3 is 48.1 Å². The van der Waals surface area contributed by atoms with Gasteiger partial charge >= 0.3 is 18.3 Å². The van der Waals surface area contributed by atoms with Crippen molar-refractivity contribution in [1.82, 2.24) is 86.3 Å². The second-order valence-electron chi connectivity index (χ2n) is 29.7. The molecule has 12 N–H and O–H groups in total. The van der Waals surface area contributed by atoms with Crippen molar-refractivity contribution in [2.45, 2.75) is 102 Å². The predicted octanol–water partition coefficient (Wildman–Crippen LogP) is 11.0. The molecule has 6 aromatic heterocycles. The summed E-state index contributed by atoms with van der Waals surface area (Å²) in [5, 5.41) is 50.8. The molecule has 6 aromatic carbocycles. The number of halogens is 7. The van der Waals surface area contributed by atoms with Crippen LogP contribution >= 0.6 is 0 Å². The Morgan fingerprint density at radius 1 is 0.511 bits per heavy atom. The molecule has 0 aliphatic carbocycles. The number of amides is 11. The number of hydrogen-bond donors (Lipinski definition) is 11. The van der Waals surface area contributed by atoms with E-state index in [1.165, 1.54) is 69.1 Å². The van der Waals surface area contributed by atoms with Crippen LogP contribution in [-0.4, -0.2) is 182 Å². The van der Waals surface area contributed by atoms with Crippen LogP contribution in [0.5, 0.6) is 0 Å². The van der Waals surface area contributed by atoms with Crippen LogP contribution in [0.1, 0.15) is 158 Å². The van der Waals surface area contributed by atoms with E-state index in [9.17, 15) is 88.3 Å².